The molecule has 15 heavy (non-hydrogen) atoms. The largest absolute Gasteiger partial charge is 0.310 e. The van der Waals surface area contributed by atoms with Crippen molar-refractivity contribution in [2.45, 2.75) is 24.9 Å². The van der Waals surface area contributed by atoms with Crippen LogP contribution in [0.2, 0.25) is 0 Å². The maximum Gasteiger partial charge on any atom is 0.0333 e. The fraction of sp³-hybridized carbons (Fsp3) is 0.538. The average molecular weight is 202 g/mol. The third kappa shape index (κ3) is 1.80. The van der Waals surface area contributed by atoms with Crippen LogP contribution in [-0.2, 0) is 6.54 Å². The number of hydrogen-bond acceptors (Lipinski definition) is 2. The molecule has 2 aliphatic heterocycles. The smallest absolute Gasteiger partial charge is 0.0333 e. The zero-order valence-electron chi connectivity index (χ0n) is 9.08. The summed E-state index contributed by atoms with van der Waals surface area (Å²) in [6.07, 6.45) is 2.71. The molecular formula is C13H18N2. The van der Waals surface area contributed by atoms with Crippen molar-refractivity contribution in [1.29, 1.82) is 0 Å². The Kier molecular flexibility index (Phi) is 2.26. The predicted molar refractivity (Wildman–Crippen MR) is 61.7 cm³/mol. The summed E-state index contributed by atoms with van der Waals surface area (Å²) in [7, 11) is 0. The van der Waals surface area contributed by atoms with E-state index in [1.54, 1.807) is 0 Å². The van der Waals surface area contributed by atoms with E-state index < -0.39 is 0 Å². The number of rotatable bonds is 2. The van der Waals surface area contributed by atoms with Gasteiger partial charge in [0, 0.05) is 25.2 Å². The van der Waals surface area contributed by atoms with E-state index >= 15 is 0 Å². The molecule has 1 spiro atoms. The Hall–Kier alpha value is -0.860. The molecule has 0 aliphatic carbocycles. The second-order valence-corrected chi connectivity index (χ2v) is 4.90. The Morgan fingerprint density at radius 1 is 1.20 bits per heavy atom. The summed E-state index contributed by atoms with van der Waals surface area (Å²) < 4.78 is 0. The van der Waals surface area contributed by atoms with Crippen LogP contribution < -0.4 is 5.32 Å². The molecule has 0 radical (unpaired) electrons. The van der Waals surface area contributed by atoms with Crippen molar-refractivity contribution in [3.8, 4) is 0 Å². The topological polar surface area (TPSA) is 15.3 Å². The molecule has 2 fully saturated rings. The lowest BCUT2D eigenvalue weighted by atomic mass is 9.87. The number of nitrogens with zero attached hydrogens (tertiary/aromatic N) is 1. The van der Waals surface area contributed by atoms with Gasteiger partial charge in [-0.1, -0.05) is 30.3 Å². The highest BCUT2D eigenvalue weighted by molar-refractivity contribution is 5.15. The van der Waals surface area contributed by atoms with Gasteiger partial charge in [-0.25, -0.2) is 0 Å². The Balaban J connectivity index is 1.61. The van der Waals surface area contributed by atoms with Gasteiger partial charge in [0.1, 0.15) is 0 Å². The standard InChI is InChI=1S/C13H18N2/c1-2-4-12(5-3-1)10-15-9-7-13(11-15)6-8-14-13/h1-5,14H,6-11H2. The van der Waals surface area contributed by atoms with E-state index in [4.69, 9.17) is 0 Å². The van der Waals surface area contributed by atoms with E-state index in [1.165, 1.54) is 38.0 Å². The van der Waals surface area contributed by atoms with E-state index in [1.807, 2.05) is 0 Å². The van der Waals surface area contributed by atoms with Gasteiger partial charge < -0.3 is 5.32 Å². The van der Waals surface area contributed by atoms with E-state index in [0.29, 0.717) is 5.54 Å². The molecule has 1 N–H and O–H groups in total. The third-order valence-corrected chi connectivity index (χ3v) is 3.79. The fourth-order valence-corrected chi connectivity index (χ4v) is 2.76. The van der Waals surface area contributed by atoms with Gasteiger partial charge in [-0.15, -0.1) is 0 Å². The quantitative estimate of drug-likeness (QED) is 0.784. The molecular weight excluding hydrogens is 184 g/mol. The van der Waals surface area contributed by atoms with Crippen LogP contribution in [0.1, 0.15) is 18.4 Å². The summed E-state index contributed by atoms with van der Waals surface area (Å²) in [5.41, 5.74) is 1.93. The zero-order chi connectivity index (χ0) is 10.1. The highest BCUT2D eigenvalue weighted by Crippen LogP contribution is 2.30. The number of benzene rings is 1. The van der Waals surface area contributed by atoms with Crippen LogP contribution in [0.5, 0.6) is 0 Å². The first kappa shape index (κ1) is 9.37. The number of hydrogen-bond donors (Lipinski definition) is 1. The van der Waals surface area contributed by atoms with Gasteiger partial charge in [0.15, 0.2) is 0 Å². The predicted octanol–water partition coefficient (Wildman–Crippen LogP) is 1.62. The fourth-order valence-electron chi connectivity index (χ4n) is 2.76. The van der Waals surface area contributed by atoms with Gasteiger partial charge in [0.25, 0.3) is 0 Å². The first-order chi connectivity index (χ1) is 7.36. The summed E-state index contributed by atoms with van der Waals surface area (Å²) in [5, 5.41) is 3.59. The molecule has 1 atom stereocenters. The van der Waals surface area contributed by atoms with Gasteiger partial charge in [-0.3, -0.25) is 4.90 Å². The molecule has 0 amide bonds. The van der Waals surface area contributed by atoms with Crippen molar-refractivity contribution in [2.24, 2.45) is 0 Å². The van der Waals surface area contributed by atoms with Crippen molar-refractivity contribution in [3.63, 3.8) is 0 Å². The summed E-state index contributed by atoms with van der Waals surface area (Å²) in [6.45, 7) is 4.83. The van der Waals surface area contributed by atoms with E-state index in [2.05, 4.69) is 40.5 Å². The minimum atomic E-state index is 0.495. The summed E-state index contributed by atoms with van der Waals surface area (Å²) >= 11 is 0. The van der Waals surface area contributed by atoms with Crippen molar-refractivity contribution >= 4 is 0 Å². The zero-order valence-corrected chi connectivity index (χ0v) is 9.08. The van der Waals surface area contributed by atoms with Gasteiger partial charge in [-0.05, 0) is 24.9 Å². The molecule has 1 aromatic rings. The van der Waals surface area contributed by atoms with Gasteiger partial charge in [0.2, 0.25) is 0 Å². The normalized spacial score (nSPS) is 30.7. The first-order valence-corrected chi connectivity index (χ1v) is 5.88. The van der Waals surface area contributed by atoms with Gasteiger partial charge >= 0.3 is 0 Å². The van der Waals surface area contributed by atoms with Crippen LogP contribution in [-0.4, -0.2) is 30.1 Å². The van der Waals surface area contributed by atoms with Crippen molar-refractivity contribution in [1.82, 2.24) is 10.2 Å². The van der Waals surface area contributed by atoms with Gasteiger partial charge in [0.05, 0.1) is 0 Å². The SMILES string of the molecule is c1ccc(CN2CCC3(CCN3)C2)cc1. The Morgan fingerprint density at radius 3 is 2.60 bits per heavy atom. The molecule has 2 nitrogen and oxygen atoms in total. The van der Waals surface area contributed by atoms with E-state index in [0.717, 1.165) is 6.54 Å². The molecule has 2 heteroatoms. The van der Waals surface area contributed by atoms with E-state index in [-0.39, 0.29) is 0 Å². The number of likely N-dealkylation sites (tertiary alicyclic amines) is 1. The van der Waals surface area contributed by atoms with Crippen molar-refractivity contribution < 1.29 is 0 Å². The summed E-state index contributed by atoms with van der Waals surface area (Å²) in [6, 6.07) is 10.8. The Bertz CT molecular complexity index is 330. The van der Waals surface area contributed by atoms with E-state index in [9.17, 15) is 0 Å². The number of nitrogens with one attached hydrogen (secondary N) is 1. The monoisotopic (exact) mass is 202 g/mol. The molecule has 0 aromatic heterocycles. The van der Waals surface area contributed by atoms with Gasteiger partial charge in [-0.2, -0.15) is 0 Å². The van der Waals surface area contributed by atoms with Crippen LogP contribution in [0.15, 0.2) is 30.3 Å². The molecule has 80 valence electrons. The molecule has 1 unspecified atom stereocenters. The van der Waals surface area contributed by atoms with Crippen molar-refractivity contribution in [2.75, 3.05) is 19.6 Å². The molecule has 0 saturated carbocycles. The minimum Gasteiger partial charge on any atom is -0.310 e. The highest BCUT2D eigenvalue weighted by atomic mass is 15.2. The Morgan fingerprint density at radius 2 is 2.00 bits per heavy atom. The summed E-state index contributed by atoms with van der Waals surface area (Å²) in [4.78, 5) is 2.57. The Labute approximate surface area is 91.3 Å². The molecule has 0 bridgehead atoms. The lowest BCUT2D eigenvalue weighted by molar-refractivity contribution is 0.199. The van der Waals surface area contributed by atoms with Crippen LogP contribution in [0.3, 0.4) is 0 Å². The molecule has 2 heterocycles. The second-order valence-electron chi connectivity index (χ2n) is 4.90. The molecule has 2 aliphatic rings. The van der Waals surface area contributed by atoms with Crippen LogP contribution in [0.4, 0.5) is 0 Å². The molecule has 2 saturated heterocycles. The summed E-state index contributed by atoms with van der Waals surface area (Å²) in [5.74, 6) is 0. The van der Waals surface area contributed by atoms with Crippen molar-refractivity contribution in [3.05, 3.63) is 35.9 Å². The molecule has 3 rings (SSSR count). The minimum absolute atomic E-state index is 0.495. The average Bonchev–Trinajstić information content (AvgIpc) is 2.63. The maximum absolute atomic E-state index is 3.59. The van der Waals surface area contributed by atoms with Crippen LogP contribution in [0.25, 0.3) is 0 Å². The van der Waals surface area contributed by atoms with Crippen LogP contribution >= 0.6 is 0 Å². The second kappa shape index (κ2) is 3.62. The first-order valence-electron chi connectivity index (χ1n) is 5.88. The third-order valence-electron chi connectivity index (χ3n) is 3.79. The lowest BCUT2D eigenvalue weighted by Crippen LogP contribution is -2.58. The highest BCUT2D eigenvalue weighted by Gasteiger charge is 2.42. The maximum atomic E-state index is 3.59. The lowest BCUT2D eigenvalue weighted by Gasteiger charge is -2.40. The molecule has 1 aromatic carbocycles. The van der Waals surface area contributed by atoms with Crippen LogP contribution in [0, 0.1) is 0 Å².